The smallest absolute Gasteiger partial charge is 0.327 e. The van der Waals surface area contributed by atoms with E-state index in [0.717, 1.165) is 17.8 Å². The average Bonchev–Trinajstić information content (AvgIpc) is 3.29. The molecule has 0 spiro atoms. The molecular weight excluding hydrogens is 345 g/mol. The number of carbonyl (C=O) groups is 2. The van der Waals surface area contributed by atoms with Gasteiger partial charge in [-0.25, -0.2) is 14.2 Å². The van der Waals surface area contributed by atoms with E-state index in [1.807, 2.05) is 5.38 Å². The summed E-state index contributed by atoms with van der Waals surface area (Å²) in [4.78, 5) is 31.7. The fourth-order valence-electron chi connectivity index (χ4n) is 2.71. The molecule has 1 aliphatic heterocycles. The summed E-state index contributed by atoms with van der Waals surface area (Å²) in [6.45, 7) is 0.620. The molecular formula is C17H16FN3O3S. The van der Waals surface area contributed by atoms with Gasteiger partial charge < -0.3 is 9.64 Å². The van der Waals surface area contributed by atoms with Crippen LogP contribution in [-0.2, 0) is 17.9 Å². The lowest BCUT2D eigenvalue weighted by Crippen LogP contribution is -2.33. The third-order valence-corrected chi connectivity index (χ3v) is 5.04. The van der Waals surface area contributed by atoms with Gasteiger partial charge in [-0.15, -0.1) is 11.3 Å². The van der Waals surface area contributed by atoms with Crippen LogP contribution in [0.4, 0.5) is 9.18 Å². The first kappa shape index (κ1) is 16.0. The van der Waals surface area contributed by atoms with E-state index in [1.165, 1.54) is 28.4 Å². The highest BCUT2D eigenvalue weighted by molar-refractivity contribution is 7.09. The molecule has 0 atom stereocenters. The van der Waals surface area contributed by atoms with Crippen molar-refractivity contribution in [1.29, 1.82) is 0 Å². The Balaban J connectivity index is 1.35. The van der Waals surface area contributed by atoms with Crippen molar-refractivity contribution in [3.05, 3.63) is 46.2 Å². The Morgan fingerprint density at radius 1 is 1.24 bits per heavy atom. The SMILES string of the molecule is O=C1CN(C2CC2)C(=O)N1Cc1csc(COc2ccc(F)cc2)n1. The maximum atomic E-state index is 12.9. The van der Waals surface area contributed by atoms with Crippen molar-refractivity contribution < 1.29 is 18.7 Å². The Morgan fingerprint density at radius 3 is 2.72 bits per heavy atom. The van der Waals surface area contributed by atoms with Crippen LogP contribution in [0.5, 0.6) is 5.75 Å². The Kier molecular flexibility index (Phi) is 4.12. The van der Waals surface area contributed by atoms with Crippen molar-refractivity contribution in [1.82, 2.24) is 14.8 Å². The van der Waals surface area contributed by atoms with Crippen molar-refractivity contribution in [2.24, 2.45) is 0 Å². The second kappa shape index (κ2) is 6.44. The number of nitrogens with zero attached hydrogens (tertiary/aromatic N) is 3. The zero-order valence-corrected chi connectivity index (χ0v) is 14.2. The number of benzene rings is 1. The minimum Gasteiger partial charge on any atom is -0.486 e. The Bertz CT molecular complexity index is 804. The molecule has 2 aromatic rings. The highest BCUT2D eigenvalue weighted by atomic mass is 32.1. The van der Waals surface area contributed by atoms with Gasteiger partial charge in [0.05, 0.1) is 12.2 Å². The molecule has 0 radical (unpaired) electrons. The van der Waals surface area contributed by atoms with Gasteiger partial charge >= 0.3 is 6.03 Å². The highest BCUT2D eigenvalue weighted by Gasteiger charge is 2.43. The largest absolute Gasteiger partial charge is 0.486 e. The fraction of sp³-hybridized carbons (Fsp3) is 0.353. The zero-order chi connectivity index (χ0) is 17.4. The number of carbonyl (C=O) groups excluding carboxylic acids is 2. The molecule has 1 aromatic carbocycles. The lowest BCUT2D eigenvalue weighted by atomic mass is 10.3. The molecule has 1 saturated heterocycles. The molecule has 8 heteroatoms. The van der Waals surface area contributed by atoms with E-state index < -0.39 is 0 Å². The van der Waals surface area contributed by atoms with Crippen LogP contribution in [0.25, 0.3) is 0 Å². The van der Waals surface area contributed by atoms with Gasteiger partial charge in [0.25, 0.3) is 5.91 Å². The van der Waals surface area contributed by atoms with Crippen molar-refractivity contribution in [2.45, 2.75) is 32.0 Å². The number of amides is 3. The van der Waals surface area contributed by atoms with Crippen molar-refractivity contribution >= 4 is 23.3 Å². The maximum Gasteiger partial charge on any atom is 0.327 e. The number of hydrogen-bond donors (Lipinski definition) is 0. The first-order valence-electron chi connectivity index (χ1n) is 8.03. The molecule has 2 aliphatic rings. The zero-order valence-electron chi connectivity index (χ0n) is 13.4. The van der Waals surface area contributed by atoms with E-state index >= 15 is 0 Å². The van der Waals surface area contributed by atoms with Gasteiger partial charge in [0.1, 0.15) is 29.7 Å². The standard InChI is InChI=1S/C17H16FN3O3S/c18-11-1-5-14(6-2-11)24-9-15-19-12(10-25-15)7-21-16(22)8-20(17(21)23)13-3-4-13/h1-2,5-6,10,13H,3-4,7-9H2. The Morgan fingerprint density at radius 2 is 2.00 bits per heavy atom. The second-order valence-corrected chi connectivity index (χ2v) is 7.04. The highest BCUT2D eigenvalue weighted by Crippen LogP contribution is 2.31. The molecule has 1 saturated carbocycles. The van der Waals surface area contributed by atoms with Gasteiger partial charge in [0.2, 0.25) is 0 Å². The monoisotopic (exact) mass is 361 g/mol. The fourth-order valence-corrected chi connectivity index (χ4v) is 3.41. The molecule has 0 unspecified atom stereocenters. The van der Waals surface area contributed by atoms with Crippen LogP contribution in [0.15, 0.2) is 29.6 Å². The van der Waals surface area contributed by atoms with E-state index in [4.69, 9.17) is 4.74 Å². The van der Waals surface area contributed by atoms with E-state index in [2.05, 4.69) is 4.98 Å². The van der Waals surface area contributed by atoms with E-state index in [0.29, 0.717) is 11.4 Å². The minimum absolute atomic E-state index is 0.172. The number of aromatic nitrogens is 1. The number of ether oxygens (including phenoxy) is 1. The third-order valence-electron chi connectivity index (χ3n) is 4.17. The Labute approximate surface area is 147 Å². The summed E-state index contributed by atoms with van der Waals surface area (Å²) in [5, 5.41) is 2.56. The normalized spacial score (nSPS) is 17.5. The molecule has 0 bridgehead atoms. The first-order valence-corrected chi connectivity index (χ1v) is 8.91. The van der Waals surface area contributed by atoms with Gasteiger partial charge in [-0.05, 0) is 37.1 Å². The lowest BCUT2D eigenvalue weighted by Gasteiger charge is -2.15. The van der Waals surface area contributed by atoms with Crippen LogP contribution in [0.2, 0.25) is 0 Å². The van der Waals surface area contributed by atoms with Crippen LogP contribution in [-0.4, -0.2) is 39.3 Å². The van der Waals surface area contributed by atoms with Crippen LogP contribution in [0, 0.1) is 5.82 Å². The van der Waals surface area contributed by atoms with Gasteiger partial charge in [0.15, 0.2) is 0 Å². The Hall–Kier alpha value is -2.48. The van der Waals surface area contributed by atoms with E-state index in [9.17, 15) is 14.0 Å². The molecule has 1 aromatic heterocycles. The molecule has 1 aliphatic carbocycles. The summed E-state index contributed by atoms with van der Waals surface area (Å²) in [5.41, 5.74) is 0.669. The van der Waals surface area contributed by atoms with Gasteiger partial charge in [-0.3, -0.25) is 9.69 Å². The molecule has 25 heavy (non-hydrogen) atoms. The van der Waals surface area contributed by atoms with Crippen LogP contribution >= 0.6 is 11.3 Å². The van der Waals surface area contributed by atoms with Crippen molar-refractivity contribution in [3.63, 3.8) is 0 Å². The summed E-state index contributed by atoms with van der Waals surface area (Å²) < 4.78 is 18.4. The number of thiazole rings is 1. The second-order valence-electron chi connectivity index (χ2n) is 6.10. The predicted octanol–water partition coefficient (Wildman–Crippen LogP) is 2.79. The average molecular weight is 361 g/mol. The van der Waals surface area contributed by atoms with Crippen LogP contribution in [0.1, 0.15) is 23.5 Å². The summed E-state index contributed by atoms with van der Waals surface area (Å²) in [6, 6.07) is 5.79. The van der Waals surface area contributed by atoms with E-state index in [1.54, 1.807) is 17.0 Å². The molecule has 130 valence electrons. The summed E-state index contributed by atoms with van der Waals surface area (Å²) in [7, 11) is 0. The first-order chi connectivity index (χ1) is 12.1. The molecule has 3 amide bonds. The molecule has 2 fully saturated rings. The number of rotatable bonds is 6. The van der Waals surface area contributed by atoms with Gasteiger partial charge in [0, 0.05) is 11.4 Å². The number of imide groups is 1. The van der Waals surface area contributed by atoms with Crippen LogP contribution in [0.3, 0.4) is 0 Å². The molecule has 2 heterocycles. The maximum absolute atomic E-state index is 12.9. The lowest BCUT2D eigenvalue weighted by molar-refractivity contribution is -0.125. The number of urea groups is 1. The van der Waals surface area contributed by atoms with Crippen molar-refractivity contribution in [2.75, 3.05) is 6.54 Å². The summed E-state index contributed by atoms with van der Waals surface area (Å²) >= 11 is 1.40. The van der Waals surface area contributed by atoms with E-state index in [-0.39, 0.29) is 43.5 Å². The topological polar surface area (TPSA) is 62.7 Å². The quantitative estimate of drug-likeness (QED) is 0.742. The third kappa shape index (κ3) is 3.48. The van der Waals surface area contributed by atoms with Crippen molar-refractivity contribution in [3.8, 4) is 5.75 Å². The molecule has 4 rings (SSSR count). The van der Waals surface area contributed by atoms with Gasteiger partial charge in [-0.2, -0.15) is 0 Å². The van der Waals surface area contributed by atoms with Gasteiger partial charge in [-0.1, -0.05) is 0 Å². The number of hydrogen-bond acceptors (Lipinski definition) is 5. The summed E-state index contributed by atoms with van der Waals surface area (Å²) in [5.74, 6) is 0.0706. The molecule has 0 N–H and O–H groups in total. The van der Waals surface area contributed by atoms with Crippen LogP contribution < -0.4 is 4.74 Å². The summed E-state index contributed by atoms with van der Waals surface area (Å²) in [6.07, 6.45) is 1.96. The molecule has 6 nitrogen and oxygen atoms in total. The predicted molar refractivity (Wildman–Crippen MR) is 88.5 cm³/mol. The minimum atomic E-state index is -0.316. The number of halogens is 1.